The highest BCUT2D eigenvalue weighted by atomic mass is 19.3. The topological polar surface area (TPSA) is 0 Å². The zero-order chi connectivity index (χ0) is 15.5. The van der Waals surface area contributed by atoms with Gasteiger partial charge in [0.15, 0.2) is 0 Å². The summed E-state index contributed by atoms with van der Waals surface area (Å²) >= 11 is 0. The van der Waals surface area contributed by atoms with E-state index in [0.717, 1.165) is 29.7 Å². The van der Waals surface area contributed by atoms with E-state index >= 15 is 0 Å². The SMILES string of the molecule is CC1CCC(C2CC=C(c3ccc(C(F)F)cc3)CC2)CC1. The monoisotopic (exact) mass is 304 g/mol. The van der Waals surface area contributed by atoms with Crippen LogP contribution in [0.2, 0.25) is 0 Å². The third kappa shape index (κ3) is 3.59. The van der Waals surface area contributed by atoms with Crippen LogP contribution in [0.25, 0.3) is 5.57 Å². The number of halogens is 2. The van der Waals surface area contributed by atoms with E-state index in [2.05, 4.69) is 13.0 Å². The molecule has 120 valence electrons. The van der Waals surface area contributed by atoms with E-state index in [0.29, 0.717) is 0 Å². The molecule has 1 saturated carbocycles. The van der Waals surface area contributed by atoms with Crippen molar-refractivity contribution in [1.82, 2.24) is 0 Å². The molecule has 0 saturated heterocycles. The smallest absolute Gasteiger partial charge is 0.205 e. The first-order valence-electron chi connectivity index (χ1n) is 8.71. The first kappa shape index (κ1) is 15.7. The van der Waals surface area contributed by atoms with Crippen LogP contribution in [0.5, 0.6) is 0 Å². The fourth-order valence-corrected chi connectivity index (χ4v) is 4.14. The summed E-state index contributed by atoms with van der Waals surface area (Å²) in [7, 11) is 0. The van der Waals surface area contributed by atoms with E-state index < -0.39 is 6.43 Å². The van der Waals surface area contributed by atoms with Gasteiger partial charge < -0.3 is 0 Å². The van der Waals surface area contributed by atoms with Gasteiger partial charge in [0.05, 0.1) is 0 Å². The van der Waals surface area contributed by atoms with Gasteiger partial charge in [-0.2, -0.15) is 0 Å². The van der Waals surface area contributed by atoms with Gasteiger partial charge in [-0.15, -0.1) is 0 Å². The highest BCUT2D eigenvalue weighted by Gasteiger charge is 2.27. The average Bonchev–Trinajstić information content (AvgIpc) is 2.56. The minimum Gasteiger partial charge on any atom is -0.205 e. The molecule has 1 aromatic carbocycles. The van der Waals surface area contributed by atoms with Crippen molar-refractivity contribution in [3.63, 3.8) is 0 Å². The lowest BCUT2D eigenvalue weighted by molar-refractivity contribution is 0.151. The van der Waals surface area contributed by atoms with Gasteiger partial charge in [0.2, 0.25) is 0 Å². The zero-order valence-corrected chi connectivity index (χ0v) is 13.4. The highest BCUT2D eigenvalue weighted by molar-refractivity contribution is 5.66. The molecular formula is C20H26F2. The maximum Gasteiger partial charge on any atom is 0.263 e. The molecule has 3 rings (SSSR count). The maximum absolute atomic E-state index is 12.6. The number of benzene rings is 1. The van der Waals surface area contributed by atoms with Crippen molar-refractivity contribution >= 4 is 5.57 Å². The Kier molecular flexibility index (Phi) is 4.95. The molecule has 0 radical (unpaired) electrons. The first-order chi connectivity index (χ1) is 10.6. The summed E-state index contributed by atoms with van der Waals surface area (Å²) in [6, 6.07) is 6.84. The number of hydrogen-bond acceptors (Lipinski definition) is 0. The van der Waals surface area contributed by atoms with Gasteiger partial charge in [-0.25, -0.2) is 8.78 Å². The first-order valence-corrected chi connectivity index (χ1v) is 8.71. The molecular weight excluding hydrogens is 278 g/mol. The third-order valence-electron chi connectivity index (χ3n) is 5.71. The Morgan fingerprint density at radius 2 is 1.59 bits per heavy atom. The fourth-order valence-electron chi connectivity index (χ4n) is 4.14. The van der Waals surface area contributed by atoms with Crippen LogP contribution in [0.1, 0.15) is 69.4 Å². The number of rotatable bonds is 3. The highest BCUT2D eigenvalue weighted by Crippen LogP contribution is 2.41. The van der Waals surface area contributed by atoms with Gasteiger partial charge in [-0.05, 0) is 61.0 Å². The van der Waals surface area contributed by atoms with Crippen LogP contribution in [0, 0.1) is 17.8 Å². The normalized spacial score (nSPS) is 29.5. The zero-order valence-electron chi connectivity index (χ0n) is 13.4. The molecule has 22 heavy (non-hydrogen) atoms. The molecule has 1 aromatic rings. The van der Waals surface area contributed by atoms with Gasteiger partial charge >= 0.3 is 0 Å². The Bertz CT molecular complexity index is 507. The Balaban J connectivity index is 1.61. The van der Waals surface area contributed by atoms with E-state index in [4.69, 9.17) is 0 Å². The summed E-state index contributed by atoms with van der Waals surface area (Å²) in [6.07, 6.45) is 9.13. The maximum atomic E-state index is 12.6. The molecule has 0 aliphatic heterocycles. The van der Waals surface area contributed by atoms with Crippen LogP contribution in [0.15, 0.2) is 30.3 Å². The summed E-state index contributed by atoms with van der Waals surface area (Å²) < 4.78 is 25.2. The molecule has 2 aliphatic carbocycles. The van der Waals surface area contributed by atoms with Crippen molar-refractivity contribution in [1.29, 1.82) is 0 Å². The van der Waals surface area contributed by atoms with E-state index in [1.807, 2.05) is 12.1 Å². The van der Waals surface area contributed by atoms with Crippen molar-refractivity contribution in [3.8, 4) is 0 Å². The van der Waals surface area contributed by atoms with E-state index in [9.17, 15) is 8.78 Å². The van der Waals surface area contributed by atoms with Crippen LogP contribution in [-0.4, -0.2) is 0 Å². The summed E-state index contributed by atoms with van der Waals surface area (Å²) in [6.45, 7) is 2.37. The van der Waals surface area contributed by atoms with Crippen LogP contribution in [-0.2, 0) is 0 Å². The molecule has 1 unspecified atom stereocenters. The number of alkyl halides is 2. The molecule has 1 fully saturated rings. The number of hydrogen-bond donors (Lipinski definition) is 0. The van der Waals surface area contributed by atoms with Crippen molar-refractivity contribution in [2.24, 2.45) is 17.8 Å². The van der Waals surface area contributed by atoms with E-state index in [1.165, 1.54) is 44.1 Å². The van der Waals surface area contributed by atoms with Crippen molar-refractivity contribution in [2.45, 2.75) is 58.3 Å². The Morgan fingerprint density at radius 1 is 0.909 bits per heavy atom. The van der Waals surface area contributed by atoms with E-state index in [-0.39, 0.29) is 5.56 Å². The molecule has 0 amide bonds. The molecule has 1 atom stereocenters. The molecule has 0 spiro atoms. The van der Waals surface area contributed by atoms with Crippen LogP contribution >= 0.6 is 0 Å². The Labute approximate surface area is 132 Å². The van der Waals surface area contributed by atoms with Crippen molar-refractivity contribution in [2.75, 3.05) is 0 Å². The summed E-state index contributed by atoms with van der Waals surface area (Å²) in [5, 5.41) is 0. The molecule has 0 bridgehead atoms. The lowest BCUT2D eigenvalue weighted by Crippen LogP contribution is -2.22. The Hall–Kier alpha value is -1.18. The minimum absolute atomic E-state index is 0.120. The van der Waals surface area contributed by atoms with Crippen molar-refractivity contribution in [3.05, 3.63) is 41.5 Å². The second kappa shape index (κ2) is 6.93. The minimum atomic E-state index is -2.37. The third-order valence-corrected chi connectivity index (χ3v) is 5.71. The number of allylic oxidation sites excluding steroid dienone is 2. The standard InChI is InChI=1S/C20H26F2/c1-14-2-4-15(5-3-14)16-6-8-17(9-7-16)18-10-12-19(13-11-18)20(21)22/h8,10-16,20H,2-7,9H2,1H3. The van der Waals surface area contributed by atoms with Crippen LogP contribution in [0.4, 0.5) is 8.78 Å². The van der Waals surface area contributed by atoms with Gasteiger partial charge in [0.1, 0.15) is 0 Å². The predicted octanol–water partition coefficient (Wildman–Crippen LogP) is 6.63. The fraction of sp³-hybridized carbons (Fsp3) is 0.600. The van der Waals surface area contributed by atoms with Gasteiger partial charge in [-0.3, -0.25) is 0 Å². The summed E-state index contributed by atoms with van der Waals surface area (Å²) in [4.78, 5) is 0. The summed E-state index contributed by atoms with van der Waals surface area (Å²) in [5.74, 6) is 2.67. The average molecular weight is 304 g/mol. The quantitative estimate of drug-likeness (QED) is 0.587. The largest absolute Gasteiger partial charge is 0.263 e. The molecule has 0 heterocycles. The van der Waals surface area contributed by atoms with Gasteiger partial charge in [-0.1, -0.05) is 50.1 Å². The van der Waals surface area contributed by atoms with Crippen LogP contribution in [0.3, 0.4) is 0 Å². The predicted molar refractivity (Wildman–Crippen MR) is 87.8 cm³/mol. The Morgan fingerprint density at radius 3 is 2.14 bits per heavy atom. The molecule has 0 nitrogen and oxygen atoms in total. The second-order valence-electron chi connectivity index (χ2n) is 7.21. The van der Waals surface area contributed by atoms with Gasteiger partial charge in [0, 0.05) is 5.56 Å². The molecule has 2 aliphatic rings. The van der Waals surface area contributed by atoms with Crippen LogP contribution < -0.4 is 0 Å². The van der Waals surface area contributed by atoms with E-state index in [1.54, 1.807) is 12.1 Å². The van der Waals surface area contributed by atoms with Crippen molar-refractivity contribution < 1.29 is 8.78 Å². The molecule has 0 N–H and O–H groups in total. The second-order valence-corrected chi connectivity index (χ2v) is 7.21. The lowest BCUT2D eigenvalue weighted by atomic mass is 9.71. The molecule has 0 aromatic heterocycles. The summed E-state index contributed by atoms with van der Waals surface area (Å²) in [5.41, 5.74) is 2.59. The van der Waals surface area contributed by atoms with Gasteiger partial charge in [0.25, 0.3) is 6.43 Å². The molecule has 2 heteroatoms. The lowest BCUT2D eigenvalue weighted by Gasteiger charge is -2.34.